The number of aliphatic hydroxyl groups excluding tert-OH is 1. The summed E-state index contributed by atoms with van der Waals surface area (Å²) in [6.45, 7) is 0.106. The van der Waals surface area contributed by atoms with Crippen LogP contribution in [0.5, 0.6) is 11.5 Å². The Morgan fingerprint density at radius 2 is 1.65 bits per heavy atom. The van der Waals surface area contributed by atoms with Gasteiger partial charge in [-0.15, -0.1) is 0 Å². The normalized spacial score (nSPS) is 10.2. The highest BCUT2D eigenvalue weighted by Crippen LogP contribution is 2.21. The first kappa shape index (κ1) is 13.8. The molecule has 94 valence electrons. The van der Waals surface area contributed by atoms with Crippen molar-refractivity contribution < 1.29 is 24.6 Å². The molecule has 17 heavy (non-hydrogen) atoms. The summed E-state index contributed by atoms with van der Waals surface area (Å²) < 4.78 is 10.2. The Bertz CT molecular complexity index is 342. The van der Waals surface area contributed by atoms with Gasteiger partial charge in [-0.2, -0.15) is 0 Å². The Kier molecular flexibility index (Phi) is 5.28. The summed E-state index contributed by atoms with van der Waals surface area (Å²) in [4.78, 5) is 0. The van der Waals surface area contributed by atoms with E-state index in [1.165, 1.54) is 14.2 Å². The van der Waals surface area contributed by atoms with E-state index in [-0.39, 0.29) is 12.1 Å². The number of hydrogen-bond donors (Lipinski definition) is 3. The summed E-state index contributed by atoms with van der Waals surface area (Å²) in [6, 6.07) is 3.43. The van der Waals surface area contributed by atoms with Crippen LogP contribution >= 0.6 is 0 Å². The Balaban J connectivity index is 3.14. The zero-order valence-electron chi connectivity index (χ0n) is 10.0. The van der Waals surface area contributed by atoms with Crippen molar-refractivity contribution in [1.82, 2.24) is 0 Å². The molecule has 0 atom stereocenters. The number of methoxy groups -OCH3 is 2. The monoisotopic (exact) mass is 240 g/mol. The average Bonchev–Trinajstić information content (AvgIpc) is 2.34. The second kappa shape index (κ2) is 6.49. The third-order valence-electron chi connectivity index (χ3n) is 2.49. The highest BCUT2D eigenvalue weighted by Gasteiger charge is 2.23. The second-order valence-electron chi connectivity index (χ2n) is 3.61. The summed E-state index contributed by atoms with van der Waals surface area (Å²) in [5, 5.41) is 27.3. The van der Waals surface area contributed by atoms with Gasteiger partial charge in [0.1, 0.15) is 11.5 Å². The van der Waals surface area contributed by atoms with Gasteiger partial charge in [-0.05, 0) is 30.5 Å². The lowest BCUT2D eigenvalue weighted by Gasteiger charge is -2.14. The van der Waals surface area contributed by atoms with Gasteiger partial charge < -0.3 is 24.6 Å². The molecule has 0 heterocycles. The molecule has 0 spiro atoms. The maximum Gasteiger partial charge on any atom is 0.496 e. The van der Waals surface area contributed by atoms with Crippen LogP contribution in [0.3, 0.4) is 0 Å². The minimum atomic E-state index is -1.65. The number of aryl methyl sites for hydroxylation is 1. The summed E-state index contributed by atoms with van der Waals surface area (Å²) in [6.07, 6.45) is 1.30. The highest BCUT2D eigenvalue weighted by atomic mass is 16.5. The molecular formula is C11H17BO5. The SMILES string of the molecule is COc1cc(CCCO)cc(OC)c1B(O)O. The summed E-state index contributed by atoms with van der Waals surface area (Å²) >= 11 is 0. The Morgan fingerprint density at radius 3 is 2.00 bits per heavy atom. The van der Waals surface area contributed by atoms with Crippen molar-refractivity contribution >= 4 is 12.6 Å². The van der Waals surface area contributed by atoms with Crippen LogP contribution in [0, 0.1) is 0 Å². The molecule has 1 aromatic carbocycles. The molecule has 0 amide bonds. The lowest BCUT2D eigenvalue weighted by molar-refractivity contribution is 0.288. The van der Waals surface area contributed by atoms with Crippen molar-refractivity contribution in [1.29, 1.82) is 0 Å². The van der Waals surface area contributed by atoms with E-state index in [0.29, 0.717) is 24.3 Å². The van der Waals surface area contributed by atoms with Crippen LogP contribution in [0.25, 0.3) is 0 Å². The maximum atomic E-state index is 9.27. The van der Waals surface area contributed by atoms with Crippen molar-refractivity contribution in [3.05, 3.63) is 17.7 Å². The van der Waals surface area contributed by atoms with Crippen molar-refractivity contribution in [2.75, 3.05) is 20.8 Å². The van der Waals surface area contributed by atoms with E-state index in [0.717, 1.165) is 5.56 Å². The molecule has 0 aliphatic carbocycles. The predicted molar refractivity (Wildman–Crippen MR) is 64.8 cm³/mol. The number of hydrogen-bond acceptors (Lipinski definition) is 5. The average molecular weight is 240 g/mol. The molecule has 0 radical (unpaired) electrons. The molecule has 0 aromatic heterocycles. The summed E-state index contributed by atoms with van der Waals surface area (Å²) in [7, 11) is 1.26. The van der Waals surface area contributed by atoms with Gasteiger partial charge in [0, 0.05) is 6.61 Å². The number of rotatable bonds is 6. The van der Waals surface area contributed by atoms with E-state index >= 15 is 0 Å². The lowest BCUT2D eigenvalue weighted by atomic mass is 9.78. The molecule has 5 nitrogen and oxygen atoms in total. The number of ether oxygens (including phenoxy) is 2. The van der Waals surface area contributed by atoms with E-state index in [4.69, 9.17) is 14.6 Å². The van der Waals surface area contributed by atoms with Gasteiger partial charge in [0.15, 0.2) is 0 Å². The fraction of sp³-hybridized carbons (Fsp3) is 0.455. The number of benzene rings is 1. The number of aliphatic hydroxyl groups is 1. The minimum absolute atomic E-state index is 0.106. The fourth-order valence-electron chi connectivity index (χ4n) is 1.68. The van der Waals surface area contributed by atoms with Crippen LogP contribution in [-0.2, 0) is 6.42 Å². The van der Waals surface area contributed by atoms with Crippen LogP contribution in [-0.4, -0.2) is 43.1 Å². The van der Waals surface area contributed by atoms with Gasteiger partial charge in [-0.3, -0.25) is 0 Å². The predicted octanol–water partition coefficient (Wildman–Crippen LogP) is -0.691. The third kappa shape index (κ3) is 3.36. The summed E-state index contributed by atoms with van der Waals surface area (Å²) in [5.74, 6) is 0.736. The van der Waals surface area contributed by atoms with Crippen LogP contribution < -0.4 is 14.9 Å². The van der Waals surface area contributed by atoms with Crippen LogP contribution in [0.1, 0.15) is 12.0 Å². The molecular weight excluding hydrogens is 223 g/mol. The Hall–Kier alpha value is -1.24. The van der Waals surface area contributed by atoms with Crippen LogP contribution in [0.4, 0.5) is 0 Å². The first-order valence-electron chi connectivity index (χ1n) is 5.35. The van der Waals surface area contributed by atoms with Gasteiger partial charge in [0.25, 0.3) is 0 Å². The van der Waals surface area contributed by atoms with E-state index in [2.05, 4.69) is 0 Å². The van der Waals surface area contributed by atoms with E-state index < -0.39 is 7.12 Å². The third-order valence-corrected chi connectivity index (χ3v) is 2.49. The standard InChI is InChI=1S/C11H17BO5/c1-16-9-6-8(4-3-5-13)7-10(17-2)11(9)12(14)15/h6-7,13-15H,3-5H2,1-2H3. The molecule has 0 fully saturated rings. The first-order chi connectivity index (χ1) is 8.13. The van der Waals surface area contributed by atoms with Crippen molar-refractivity contribution in [2.24, 2.45) is 0 Å². The quantitative estimate of drug-likeness (QED) is 0.573. The maximum absolute atomic E-state index is 9.27. The van der Waals surface area contributed by atoms with Crippen molar-refractivity contribution in [3.8, 4) is 11.5 Å². The molecule has 0 saturated heterocycles. The molecule has 0 bridgehead atoms. The van der Waals surface area contributed by atoms with E-state index in [1.54, 1.807) is 12.1 Å². The Morgan fingerprint density at radius 1 is 1.12 bits per heavy atom. The Labute approximate surface area is 101 Å². The van der Waals surface area contributed by atoms with Gasteiger partial charge in [0.2, 0.25) is 0 Å². The smallest absolute Gasteiger partial charge is 0.496 e. The largest absolute Gasteiger partial charge is 0.497 e. The topological polar surface area (TPSA) is 79.2 Å². The summed E-state index contributed by atoms with van der Waals surface area (Å²) in [5.41, 5.74) is 1.12. The van der Waals surface area contributed by atoms with Crippen molar-refractivity contribution in [2.45, 2.75) is 12.8 Å². The van der Waals surface area contributed by atoms with Gasteiger partial charge >= 0.3 is 7.12 Å². The fourth-order valence-corrected chi connectivity index (χ4v) is 1.68. The van der Waals surface area contributed by atoms with Gasteiger partial charge in [0.05, 0.1) is 19.7 Å². The zero-order valence-corrected chi connectivity index (χ0v) is 10.0. The zero-order chi connectivity index (χ0) is 12.8. The van der Waals surface area contributed by atoms with Gasteiger partial charge in [-0.1, -0.05) is 0 Å². The molecule has 6 heteroatoms. The van der Waals surface area contributed by atoms with Crippen molar-refractivity contribution in [3.63, 3.8) is 0 Å². The molecule has 0 saturated carbocycles. The molecule has 0 aliphatic rings. The van der Waals surface area contributed by atoms with Crippen LogP contribution in [0.15, 0.2) is 12.1 Å². The van der Waals surface area contributed by atoms with Gasteiger partial charge in [-0.25, -0.2) is 0 Å². The lowest BCUT2D eigenvalue weighted by Crippen LogP contribution is -2.32. The molecule has 1 aromatic rings. The van der Waals surface area contributed by atoms with Crippen LogP contribution in [0.2, 0.25) is 0 Å². The molecule has 1 rings (SSSR count). The molecule has 3 N–H and O–H groups in total. The highest BCUT2D eigenvalue weighted by molar-refractivity contribution is 6.61. The first-order valence-corrected chi connectivity index (χ1v) is 5.35. The second-order valence-corrected chi connectivity index (χ2v) is 3.61. The molecule has 0 aliphatic heterocycles. The molecule has 0 unspecified atom stereocenters. The minimum Gasteiger partial charge on any atom is -0.497 e. The van der Waals surface area contributed by atoms with E-state index in [1.807, 2.05) is 0 Å². The van der Waals surface area contributed by atoms with E-state index in [9.17, 15) is 10.0 Å².